The van der Waals surface area contributed by atoms with Gasteiger partial charge < -0.3 is 10.6 Å². The molecule has 0 aliphatic heterocycles. The van der Waals surface area contributed by atoms with E-state index in [4.69, 9.17) is 0 Å². The molecular weight excluding hydrogens is 260 g/mol. The van der Waals surface area contributed by atoms with Crippen LogP contribution in [-0.2, 0) is 0 Å². The van der Waals surface area contributed by atoms with Gasteiger partial charge in [-0.2, -0.15) is 0 Å². The zero-order chi connectivity index (χ0) is 15.2. The van der Waals surface area contributed by atoms with Crippen LogP contribution in [0.3, 0.4) is 0 Å². The largest absolute Gasteiger partial charge is 0.323 e. The van der Waals surface area contributed by atoms with Crippen LogP contribution in [0.1, 0.15) is 22.3 Å². The summed E-state index contributed by atoms with van der Waals surface area (Å²) >= 11 is 0. The summed E-state index contributed by atoms with van der Waals surface area (Å²) in [6.45, 7) is 5.99. The number of amides is 2. The normalized spacial score (nSPS) is 10.6. The minimum absolute atomic E-state index is 0.239. The Morgan fingerprint density at radius 3 is 2.19 bits per heavy atom. The van der Waals surface area contributed by atoms with E-state index in [1.54, 1.807) is 6.20 Å². The van der Waals surface area contributed by atoms with Gasteiger partial charge in [-0.25, -0.2) is 4.79 Å². The van der Waals surface area contributed by atoms with Crippen molar-refractivity contribution in [3.05, 3.63) is 70.9 Å². The molecule has 2 aromatic carbocycles. The molecule has 0 saturated carbocycles. The smallest absolute Gasteiger partial charge is 0.314 e. The van der Waals surface area contributed by atoms with Gasteiger partial charge in [-0.15, -0.1) is 0 Å². The van der Waals surface area contributed by atoms with E-state index in [0.717, 1.165) is 22.4 Å². The molecule has 2 aromatic rings. The molecule has 2 N–H and O–H groups in total. The second-order valence-corrected chi connectivity index (χ2v) is 5.06. The van der Waals surface area contributed by atoms with Gasteiger partial charge in [0.2, 0.25) is 0 Å². The van der Waals surface area contributed by atoms with Gasteiger partial charge in [0, 0.05) is 11.9 Å². The number of nitrogens with one attached hydrogen (secondary N) is 2. The van der Waals surface area contributed by atoms with Gasteiger partial charge in [-0.3, -0.25) is 0 Å². The third-order valence-electron chi connectivity index (χ3n) is 3.39. The summed E-state index contributed by atoms with van der Waals surface area (Å²) in [7, 11) is 0. The molecule has 0 aliphatic rings. The van der Waals surface area contributed by atoms with Crippen molar-refractivity contribution in [3.63, 3.8) is 0 Å². The molecule has 0 radical (unpaired) electrons. The fraction of sp³-hybridized carbons (Fsp3) is 0.167. The summed E-state index contributed by atoms with van der Waals surface area (Å²) in [6, 6.07) is 13.7. The molecule has 0 aliphatic carbocycles. The van der Waals surface area contributed by atoms with Crippen LogP contribution in [0.5, 0.6) is 0 Å². The molecule has 3 heteroatoms. The number of carbonyl (C=O) groups is 1. The molecule has 0 saturated heterocycles. The lowest BCUT2D eigenvalue weighted by molar-refractivity contribution is 0.255. The number of hydrogen-bond acceptors (Lipinski definition) is 1. The fourth-order valence-corrected chi connectivity index (χ4v) is 2.14. The van der Waals surface area contributed by atoms with E-state index in [2.05, 4.69) is 10.6 Å². The second kappa shape index (κ2) is 6.75. The molecular formula is C18H20N2O. The highest BCUT2D eigenvalue weighted by Crippen LogP contribution is 2.19. The Balaban J connectivity index is 1.98. The molecule has 0 fully saturated rings. The van der Waals surface area contributed by atoms with Gasteiger partial charge in [-0.1, -0.05) is 42.5 Å². The highest BCUT2D eigenvalue weighted by molar-refractivity contribution is 5.91. The first-order chi connectivity index (χ1) is 10.1. The van der Waals surface area contributed by atoms with Crippen molar-refractivity contribution in [1.29, 1.82) is 0 Å². The quantitative estimate of drug-likeness (QED) is 0.859. The van der Waals surface area contributed by atoms with Crippen molar-refractivity contribution in [2.24, 2.45) is 0 Å². The molecule has 21 heavy (non-hydrogen) atoms. The average Bonchev–Trinajstić information content (AvgIpc) is 2.45. The molecule has 2 amide bonds. The van der Waals surface area contributed by atoms with Crippen LogP contribution in [0.4, 0.5) is 10.5 Å². The Kier molecular flexibility index (Phi) is 4.77. The van der Waals surface area contributed by atoms with Crippen molar-refractivity contribution in [3.8, 4) is 0 Å². The number of urea groups is 1. The van der Waals surface area contributed by atoms with E-state index in [9.17, 15) is 4.79 Å². The van der Waals surface area contributed by atoms with E-state index >= 15 is 0 Å². The SMILES string of the molecule is Cc1ccccc1/C=C/NC(=O)Nc1c(C)cccc1C. The topological polar surface area (TPSA) is 41.1 Å². The standard InChI is InChI=1S/C18H20N2O/c1-13-7-4-5-10-16(13)11-12-19-18(21)20-17-14(2)8-6-9-15(17)3/h4-12H,1-3H3,(H2,19,20,21)/b12-11+. The second-order valence-electron chi connectivity index (χ2n) is 5.06. The van der Waals surface area contributed by atoms with E-state index in [1.165, 1.54) is 5.56 Å². The van der Waals surface area contributed by atoms with Crippen molar-refractivity contribution in [1.82, 2.24) is 5.32 Å². The lowest BCUT2D eigenvalue weighted by Crippen LogP contribution is -2.24. The first-order valence-corrected chi connectivity index (χ1v) is 6.94. The van der Waals surface area contributed by atoms with E-state index in [1.807, 2.05) is 69.3 Å². The molecule has 108 valence electrons. The lowest BCUT2D eigenvalue weighted by atomic mass is 10.1. The summed E-state index contributed by atoms with van der Waals surface area (Å²) in [4.78, 5) is 11.9. The van der Waals surface area contributed by atoms with Gasteiger partial charge in [0.25, 0.3) is 0 Å². The van der Waals surface area contributed by atoms with Gasteiger partial charge >= 0.3 is 6.03 Å². The highest BCUT2D eigenvalue weighted by Gasteiger charge is 2.05. The van der Waals surface area contributed by atoms with Gasteiger partial charge in [0.05, 0.1) is 0 Å². The maximum absolute atomic E-state index is 11.9. The Labute approximate surface area is 125 Å². The van der Waals surface area contributed by atoms with Crippen molar-refractivity contribution < 1.29 is 4.79 Å². The van der Waals surface area contributed by atoms with Gasteiger partial charge in [0.1, 0.15) is 0 Å². The molecule has 2 rings (SSSR count). The third-order valence-corrected chi connectivity index (χ3v) is 3.39. The van der Waals surface area contributed by atoms with Crippen molar-refractivity contribution in [2.75, 3.05) is 5.32 Å². The van der Waals surface area contributed by atoms with Crippen LogP contribution >= 0.6 is 0 Å². The molecule has 0 atom stereocenters. The van der Waals surface area contributed by atoms with E-state index < -0.39 is 0 Å². The van der Waals surface area contributed by atoms with E-state index in [0.29, 0.717) is 0 Å². The summed E-state index contributed by atoms with van der Waals surface area (Å²) in [5.41, 5.74) is 5.22. The zero-order valence-electron chi connectivity index (χ0n) is 12.6. The highest BCUT2D eigenvalue weighted by atomic mass is 16.2. The zero-order valence-corrected chi connectivity index (χ0v) is 12.6. The van der Waals surface area contributed by atoms with Crippen LogP contribution in [0.2, 0.25) is 0 Å². The van der Waals surface area contributed by atoms with Crippen LogP contribution in [-0.4, -0.2) is 6.03 Å². The predicted molar refractivity (Wildman–Crippen MR) is 88.3 cm³/mol. The summed E-state index contributed by atoms with van der Waals surface area (Å²) < 4.78 is 0. The molecule has 0 bridgehead atoms. The molecule has 0 spiro atoms. The number of anilines is 1. The lowest BCUT2D eigenvalue weighted by Gasteiger charge is -2.10. The monoisotopic (exact) mass is 280 g/mol. The number of hydrogen-bond donors (Lipinski definition) is 2. The number of carbonyl (C=O) groups excluding carboxylic acids is 1. The first kappa shape index (κ1) is 14.9. The Morgan fingerprint density at radius 2 is 1.52 bits per heavy atom. The number of benzene rings is 2. The maximum Gasteiger partial charge on any atom is 0.323 e. The molecule has 3 nitrogen and oxygen atoms in total. The van der Waals surface area contributed by atoms with Crippen LogP contribution < -0.4 is 10.6 Å². The minimum Gasteiger partial charge on any atom is -0.314 e. The number of para-hydroxylation sites is 1. The van der Waals surface area contributed by atoms with Crippen molar-refractivity contribution in [2.45, 2.75) is 20.8 Å². The predicted octanol–water partition coefficient (Wildman–Crippen LogP) is 4.40. The third kappa shape index (κ3) is 3.96. The Bertz CT molecular complexity index is 654. The van der Waals surface area contributed by atoms with Crippen LogP contribution in [0.25, 0.3) is 6.08 Å². The summed E-state index contributed by atoms with van der Waals surface area (Å²) in [6.07, 6.45) is 3.55. The summed E-state index contributed by atoms with van der Waals surface area (Å²) in [5.74, 6) is 0. The van der Waals surface area contributed by atoms with Crippen molar-refractivity contribution >= 4 is 17.8 Å². The summed E-state index contributed by atoms with van der Waals surface area (Å²) in [5, 5.41) is 5.61. The van der Waals surface area contributed by atoms with E-state index in [-0.39, 0.29) is 6.03 Å². The molecule has 0 aromatic heterocycles. The molecule has 0 unspecified atom stereocenters. The Hall–Kier alpha value is -2.55. The maximum atomic E-state index is 11.9. The van der Waals surface area contributed by atoms with Crippen LogP contribution in [0, 0.1) is 20.8 Å². The Morgan fingerprint density at radius 1 is 0.905 bits per heavy atom. The fourth-order valence-electron chi connectivity index (χ4n) is 2.14. The average molecular weight is 280 g/mol. The van der Waals surface area contributed by atoms with Gasteiger partial charge in [-0.05, 0) is 49.1 Å². The minimum atomic E-state index is -0.239. The molecule has 0 heterocycles. The first-order valence-electron chi connectivity index (χ1n) is 6.94. The number of aryl methyl sites for hydroxylation is 3. The van der Waals surface area contributed by atoms with Crippen LogP contribution in [0.15, 0.2) is 48.7 Å². The van der Waals surface area contributed by atoms with Gasteiger partial charge in [0.15, 0.2) is 0 Å². The number of rotatable bonds is 3.